The van der Waals surface area contributed by atoms with E-state index < -0.39 is 12.0 Å². The summed E-state index contributed by atoms with van der Waals surface area (Å²) in [5, 5.41) is 9.63. The average Bonchev–Trinajstić information content (AvgIpc) is 2.92. The minimum absolute atomic E-state index is 0.112. The first-order valence-corrected chi connectivity index (χ1v) is 11.9. The van der Waals surface area contributed by atoms with Crippen LogP contribution in [0.2, 0.25) is 0 Å². The molecule has 0 amide bonds. The van der Waals surface area contributed by atoms with E-state index in [1.807, 2.05) is 41.3 Å². The van der Waals surface area contributed by atoms with Crippen LogP contribution in [-0.4, -0.2) is 52.7 Å². The third-order valence-electron chi connectivity index (χ3n) is 6.40. The molecule has 2 heterocycles. The van der Waals surface area contributed by atoms with Crippen LogP contribution < -0.4 is 14.2 Å². The summed E-state index contributed by atoms with van der Waals surface area (Å²) < 4.78 is 17.1. The van der Waals surface area contributed by atoms with Gasteiger partial charge in [0.15, 0.2) is 0 Å². The number of carboxylic acids is 1. The summed E-state index contributed by atoms with van der Waals surface area (Å²) >= 11 is 0. The maximum Gasteiger partial charge on any atom is 0.323 e. The molecule has 188 valence electrons. The minimum atomic E-state index is -0.829. The first kappa shape index (κ1) is 25.2. The molecule has 2 aromatic carbocycles. The third kappa shape index (κ3) is 5.49. The molecule has 8 nitrogen and oxygen atoms in total. The fraction of sp³-hybridized carbons (Fsp3) is 0.321. The molecule has 36 heavy (non-hydrogen) atoms. The zero-order valence-electron chi connectivity index (χ0n) is 20.6. The van der Waals surface area contributed by atoms with Crippen molar-refractivity contribution in [1.29, 1.82) is 0 Å². The van der Waals surface area contributed by atoms with Crippen LogP contribution in [-0.2, 0) is 17.9 Å². The highest BCUT2D eigenvalue weighted by Gasteiger charge is 2.31. The molecule has 0 bridgehead atoms. The van der Waals surface area contributed by atoms with Gasteiger partial charge in [0, 0.05) is 6.54 Å². The molecule has 0 spiro atoms. The Kier molecular flexibility index (Phi) is 8.17. The number of ether oxygens (including phenoxy) is 3. The summed E-state index contributed by atoms with van der Waals surface area (Å²) in [5.74, 6) is -0.230. The van der Waals surface area contributed by atoms with Crippen LogP contribution in [0.25, 0.3) is 17.2 Å². The number of hydrogen-bond acceptors (Lipinski definition) is 7. The van der Waals surface area contributed by atoms with Crippen LogP contribution in [0, 0.1) is 0 Å². The largest absolute Gasteiger partial charge is 0.481 e. The molecule has 0 saturated carbocycles. The predicted octanol–water partition coefficient (Wildman–Crippen LogP) is 4.82. The average molecular weight is 490 g/mol. The van der Waals surface area contributed by atoms with Crippen LogP contribution >= 0.6 is 0 Å². The van der Waals surface area contributed by atoms with Gasteiger partial charge in [-0.25, -0.2) is 0 Å². The quantitative estimate of drug-likeness (QED) is 0.433. The smallest absolute Gasteiger partial charge is 0.323 e. The number of methoxy groups -OCH3 is 2. The number of aromatic nitrogens is 2. The van der Waals surface area contributed by atoms with Crippen molar-refractivity contribution >= 4 is 12.0 Å². The maximum absolute atomic E-state index is 11.7. The van der Waals surface area contributed by atoms with Gasteiger partial charge >= 0.3 is 12.0 Å². The highest BCUT2D eigenvalue weighted by molar-refractivity contribution is 5.76. The monoisotopic (exact) mass is 489 g/mol. The van der Waals surface area contributed by atoms with E-state index >= 15 is 0 Å². The number of hydrogen-bond donors (Lipinski definition) is 1. The Morgan fingerprint density at radius 1 is 1.08 bits per heavy atom. The second-order valence-corrected chi connectivity index (χ2v) is 8.56. The Balaban J connectivity index is 1.58. The number of piperidine rings is 1. The summed E-state index contributed by atoms with van der Waals surface area (Å²) in [7, 11) is 3.03. The molecule has 1 aliphatic rings. The second-order valence-electron chi connectivity index (χ2n) is 8.56. The van der Waals surface area contributed by atoms with Crippen LogP contribution in [0.15, 0.2) is 55.1 Å². The third-order valence-corrected chi connectivity index (χ3v) is 6.40. The highest BCUT2D eigenvalue weighted by atomic mass is 16.5. The zero-order chi connectivity index (χ0) is 25.5. The van der Waals surface area contributed by atoms with E-state index in [0.717, 1.165) is 35.1 Å². The molecule has 1 fully saturated rings. The molecule has 4 rings (SSSR count). The van der Waals surface area contributed by atoms with Crippen LogP contribution in [0.4, 0.5) is 0 Å². The molecule has 8 heteroatoms. The van der Waals surface area contributed by atoms with E-state index in [1.165, 1.54) is 14.2 Å². The van der Waals surface area contributed by atoms with Gasteiger partial charge in [-0.3, -0.25) is 9.69 Å². The van der Waals surface area contributed by atoms with E-state index in [4.69, 9.17) is 14.2 Å². The topological polar surface area (TPSA) is 94.0 Å². The van der Waals surface area contributed by atoms with Crippen LogP contribution in [0.1, 0.15) is 36.0 Å². The molecule has 0 radical (unpaired) electrons. The molecule has 1 N–H and O–H groups in total. The fourth-order valence-corrected chi connectivity index (χ4v) is 4.62. The lowest BCUT2D eigenvalue weighted by Gasteiger charge is -2.33. The molecule has 0 aliphatic carbocycles. The molecular formula is C28H31N3O5. The maximum atomic E-state index is 11.7. The minimum Gasteiger partial charge on any atom is -0.481 e. The van der Waals surface area contributed by atoms with Crippen molar-refractivity contribution in [3.8, 4) is 28.9 Å². The van der Waals surface area contributed by atoms with E-state index in [9.17, 15) is 9.90 Å². The molecular weight excluding hydrogens is 458 g/mol. The Morgan fingerprint density at radius 2 is 1.81 bits per heavy atom. The lowest BCUT2D eigenvalue weighted by molar-refractivity contribution is -0.144. The summed E-state index contributed by atoms with van der Waals surface area (Å²) in [6, 6.07) is 15.7. The van der Waals surface area contributed by atoms with Gasteiger partial charge in [-0.2, -0.15) is 9.97 Å². The van der Waals surface area contributed by atoms with Crippen molar-refractivity contribution in [3.63, 3.8) is 0 Å². The summed E-state index contributed by atoms with van der Waals surface area (Å²) in [6.07, 6.45) is 4.26. The van der Waals surface area contributed by atoms with E-state index in [1.54, 1.807) is 0 Å². The van der Waals surface area contributed by atoms with Gasteiger partial charge in [0.2, 0.25) is 11.8 Å². The Hall–Kier alpha value is -3.91. The zero-order valence-corrected chi connectivity index (χ0v) is 20.6. The van der Waals surface area contributed by atoms with Gasteiger partial charge in [0.1, 0.15) is 12.6 Å². The van der Waals surface area contributed by atoms with Crippen molar-refractivity contribution in [2.24, 2.45) is 0 Å². The summed E-state index contributed by atoms with van der Waals surface area (Å²) in [5.41, 5.74) is 4.67. The normalized spacial score (nSPS) is 15.8. The molecule has 1 aliphatic heterocycles. The lowest BCUT2D eigenvalue weighted by Crippen LogP contribution is -2.44. The number of rotatable bonds is 10. The van der Waals surface area contributed by atoms with Crippen molar-refractivity contribution in [2.75, 3.05) is 20.8 Å². The Labute approximate surface area is 211 Å². The van der Waals surface area contributed by atoms with Crippen molar-refractivity contribution in [1.82, 2.24) is 14.9 Å². The van der Waals surface area contributed by atoms with Crippen LogP contribution in [0.5, 0.6) is 17.8 Å². The second kappa shape index (κ2) is 11.7. The molecule has 3 aromatic rings. The number of benzene rings is 2. The molecule has 1 saturated heterocycles. The first-order valence-electron chi connectivity index (χ1n) is 11.9. The highest BCUT2D eigenvalue weighted by Crippen LogP contribution is 2.32. The Bertz CT molecular complexity index is 1190. The van der Waals surface area contributed by atoms with Crippen molar-refractivity contribution in [2.45, 2.75) is 38.5 Å². The van der Waals surface area contributed by atoms with E-state index in [-0.39, 0.29) is 12.6 Å². The van der Waals surface area contributed by atoms with Gasteiger partial charge in [-0.15, -0.1) is 0 Å². The first-order chi connectivity index (χ1) is 17.5. The van der Waals surface area contributed by atoms with E-state index in [2.05, 4.69) is 34.7 Å². The predicted molar refractivity (Wildman–Crippen MR) is 137 cm³/mol. The standard InChI is InChI=1S/C28H31N3O5/c1-4-21-20(13-10-14-22(21)19-11-6-5-7-12-19)18-36-28-29-25(34-2)23(26(30-28)35-3)17-31-16-9-8-15-24(31)27(32)33/h4-7,10-14,24H,1,8-9,15-18H2,2-3H3,(H,32,33)/t24-/m0/s1. The lowest BCUT2D eigenvalue weighted by atomic mass is 9.96. The number of aliphatic carboxylic acids is 1. The number of carboxylic acid groups (broad SMARTS) is 1. The van der Waals surface area contributed by atoms with Gasteiger partial charge in [-0.1, -0.05) is 67.6 Å². The molecule has 1 aromatic heterocycles. The number of likely N-dealkylation sites (tertiary alicyclic amines) is 1. The van der Waals surface area contributed by atoms with Crippen LogP contribution in [0.3, 0.4) is 0 Å². The summed E-state index contributed by atoms with van der Waals surface area (Å²) in [4.78, 5) is 22.5. The summed E-state index contributed by atoms with van der Waals surface area (Å²) in [6.45, 7) is 5.20. The number of carbonyl (C=O) groups is 1. The van der Waals surface area contributed by atoms with E-state index in [0.29, 0.717) is 36.8 Å². The fourth-order valence-electron chi connectivity index (χ4n) is 4.62. The SMILES string of the molecule is C=Cc1c(COc2nc(OC)c(CN3CCCC[C@H]3C(=O)O)c(OC)n2)cccc1-c1ccccc1. The van der Waals surface area contributed by atoms with Gasteiger partial charge in [0.25, 0.3) is 0 Å². The van der Waals surface area contributed by atoms with Gasteiger partial charge < -0.3 is 19.3 Å². The number of nitrogens with zero attached hydrogens (tertiary/aromatic N) is 3. The van der Waals surface area contributed by atoms with Gasteiger partial charge in [0.05, 0.1) is 19.8 Å². The van der Waals surface area contributed by atoms with Crippen molar-refractivity contribution < 1.29 is 24.1 Å². The van der Waals surface area contributed by atoms with Gasteiger partial charge in [-0.05, 0) is 41.6 Å². The Morgan fingerprint density at radius 3 is 2.44 bits per heavy atom. The molecule has 1 atom stereocenters. The molecule has 0 unspecified atom stereocenters. The van der Waals surface area contributed by atoms with Crippen molar-refractivity contribution in [3.05, 3.63) is 71.8 Å².